The van der Waals surface area contributed by atoms with Crippen LogP contribution in [0.3, 0.4) is 0 Å². The van der Waals surface area contributed by atoms with E-state index in [9.17, 15) is 4.79 Å². The molecule has 0 unspecified atom stereocenters. The standard InChI is InChI=1S/C16H20N6O2S/c1-8-12-14(17-7-6-11-21-20-10(3)22(11)4)18-9(2)19-15(12)25-13(8)16(23)24-5/h6-7H2,1-5H3,(H,17,18,19). The van der Waals surface area contributed by atoms with Crippen LogP contribution in [0.5, 0.6) is 0 Å². The molecule has 8 nitrogen and oxygen atoms in total. The summed E-state index contributed by atoms with van der Waals surface area (Å²) in [6, 6.07) is 0. The lowest BCUT2D eigenvalue weighted by molar-refractivity contribution is 0.0605. The van der Waals surface area contributed by atoms with Gasteiger partial charge in [0, 0.05) is 20.0 Å². The molecule has 3 aromatic rings. The molecule has 0 amide bonds. The lowest BCUT2D eigenvalue weighted by Crippen LogP contribution is -2.11. The number of rotatable bonds is 5. The van der Waals surface area contributed by atoms with Crippen LogP contribution in [0.15, 0.2) is 0 Å². The fourth-order valence-electron chi connectivity index (χ4n) is 2.62. The molecule has 0 saturated heterocycles. The second-order valence-corrected chi connectivity index (χ2v) is 6.75. The van der Waals surface area contributed by atoms with Crippen LogP contribution in [0, 0.1) is 20.8 Å². The van der Waals surface area contributed by atoms with Gasteiger partial charge < -0.3 is 14.6 Å². The Labute approximate surface area is 149 Å². The monoisotopic (exact) mass is 360 g/mol. The van der Waals surface area contributed by atoms with E-state index in [2.05, 4.69) is 25.5 Å². The smallest absolute Gasteiger partial charge is 0.348 e. The number of anilines is 1. The zero-order valence-electron chi connectivity index (χ0n) is 14.9. The number of hydrogen-bond acceptors (Lipinski definition) is 8. The number of nitrogens with zero attached hydrogens (tertiary/aromatic N) is 5. The van der Waals surface area contributed by atoms with Crippen molar-refractivity contribution < 1.29 is 9.53 Å². The predicted octanol–water partition coefficient (Wildman–Crippen LogP) is 2.19. The quantitative estimate of drug-likeness (QED) is 0.697. The maximum absolute atomic E-state index is 11.9. The Morgan fingerprint density at radius 3 is 2.64 bits per heavy atom. The molecule has 0 aliphatic heterocycles. The molecule has 9 heteroatoms. The number of fused-ring (bicyclic) bond motifs is 1. The molecule has 0 aliphatic rings. The van der Waals surface area contributed by atoms with E-state index in [0.29, 0.717) is 17.2 Å². The van der Waals surface area contributed by atoms with Gasteiger partial charge in [-0.1, -0.05) is 0 Å². The van der Waals surface area contributed by atoms with E-state index in [0.717, 1.165) is 39.7 Å². The first-order chi connectivity index (χ1) is 11.9. The highest BCUT2D eigenvalue weighted by atomic mass is 32.1. The molecule has 0 saturated carbocycles. The molecule has 0 spiro atoms. The molecule has 3 aromatic heterocycles. The first-order valence-electron chi connectivity index (χ1n) is 7.87. The molecule has 0 aromatic carbocycles. The van der Waals surface area contributed by atoms with Crippen LogP contribution in [0.4, 0.5) is 5.82 Å². The molecular weight excluding hydrogens is 340 g/mol. The number of hydrogen-bond donors (Lipinski definition) is 1. The first-order valence-corrected chi connectivity index (χ1v) is 8.68. The van der Waals surface area contributed by atoms with Crippen molar-refractivity contribution in [2.24, 2.45) is 7.05 Å². The summed E-state index contributed by atoms with van der Waals surface area (Å²) in [4.78, 5) is 22.2. The summed E-state index contributed by atoms with van der Waals surface area (Å²) in [7, 11) is 3.33. The van der Waals surface area contributed by atoms with E-state index in [1.807, 2.05) is 32.4 Å². The van der Waals surface area contributed by atoms with Crippen molar-refractivity contribution in [2.75, 3.05) is 19.0 Å². The highest BCUT2D eigenvalue weighted by molar-refractivity contribution is 7.20. The minimum Gasteiger partial charge on any atom is -0.465 e. The van der Waals surface area contributed by atoms with Gasteiger partial charge in [-0.3, -0.25) is 0 Å². The number of nitrogens with one attached hydrogen (secondary N) is 1. The Balaban J connectivity index is 1.88. The average molecular weight is 360 g/mol. The van der Waals surface area contributed by atoms with Crippen molar-refractivity contribution >= 4 is 33.3 Å². The summed E-state index contributed by atoms with van der Waals surface area (Å²) in [5, 5.41) is 12.4. The number of esters is 1. The third-order valence-corrected chi connectivity index (χ3v) is 5.26. The minimum atomic E-state index is -0.348. The number of aryl methyl sites for hydroxylation is 3. The molecular formula is C16H20N6O2S. The minimum absolute atomic E-state index is 0.348. The fraction of sp³-hybridized carbons (Fsp3) is 0.438. The van der Waals surface area contributed by atoms with E-state index in [-0.39, 0.29) is 5.97 Å². The lowest BCUT2D eigenvalue weighted by atomic mass is 10.2. The second kappa shape index (κ2) is 6.75. The van der Waals surface area contributed by atoms with Crippen molar-refractivity contribution in [3.8, 4) is 0 Å². The number of methoxy groups -OCH3 is 1. The van der Waals surface area contributed by atoms with E-state index in [4.69, 9.17) is 4.74 Å². The maximum atomic E-state index is 11.9. The summed E-state index contributed by atoms with van der Waals surface area (Å²) in [6.45, 7) is 6.30. The van der Waals surface area contributed by atoms with E-state index in [1.54, 1.807) is 0 Å². The van der Waals surface area contributed by atoms with Crippen LogP contribution < -0.4 is 5.32 Å². The number of thiophene rings is 1. The van der Waals surface area contributed by atoms with Crippen LogP contribution >= 0.6 is 11.3 Å². The number of carbonyl (C=O) groups is 1. The summed E-state index contributed by atoms with van der Waals surface area (Å²) < 4.78 is 6.82. The van der Waals surface area contributed by atoms with Gasteiger partial charge in [0.05, 0.1) is 12.5 Å². The van der Waals surface area contributed by atoms with Gasteiger partial charge in [-0.25, -0.2) is 14.8 Å². The van der Waals surface area contributed by atoms with Crippen LogP contribution in [0.1, 0.15) is 32.7 Å². The zero-order valence-corrected chi connectivity index (χ0v) is 15.7. The van der Waals surface area contributed by atoms with Crippen LogP contribution in [-0.2, 0) is 18.2 Å². The van der Waals surface area contributed by atoms with Gasteiger partial charge in [0.25, 0.3) is 0 Å². The SMILES string of the molecule is COC(=O)c1sc2nc(C)nc(NCCc3nnc(C)n3C)c2c1C. The van der Waals surface area contributed by atoms with Gasteiger partial charge in [-0.05, 0) is 26.3 Å². The third kappa shape index (κ3) is 3.19. The number of carbonyl (C=O) groups excluding carboxylic acids is 1. The predicted molar refractivity (Wildman–Crippen MR) is 96.2 cm³/mol. The molecule has 0 aliphatic carbocycles. The normalized spacial score (nSPS) is 11.1. The van der Waals surface area contributed by atoms with E-state index < -0.39 is 0 Å². The van der Waals surface area contributed by atoms with E-state index >= 15 is 0 Å². The first kappa shape index (κ1) is 17.3. The Morgan fingerprint density at radius 1 is 1.24 bits per heavy atom. The number of ether oxygens (including phenoxy) is 1. The maximum Gasteiger partial charge on any atom is 0.348 e. The van der Waals surface area contributed by atoms with Crippen LogP contribution in [0.25, 0.3) is 10.2 Å². The summed E-state index contributed by atoms with van der Waals surface area (Å²) in [5.41, 5.74) is 0.837. The molecule has 3 heterocycles. The van der Waals surface area contributed by atoms with Crippen molar-refractivity contribution in [1.82, 2.24) is 24.7 Å². The highest BCUT2D eigenvalue weighted by Gasteiger charge is 2.20. The van der Waals surface area contributed by atoms with Gasteiger partial charge in [0.1, 0.15) is 33.0 Å². The van der Waals surface area contributed by atoms with Gasteiger partial charge in [-0.2, -0.15) is 0 Å². The van der Waals surface area contributed by atoms with Crippen molar-refractivity contribution in [2.45, 2.75) is 27.2 Å². The van der Waals surface area contributed by atoms with Crippen LogP contribution in [-0.4, -0.2) is 44.4 Å². The van der Waals surface area contributed by atoms with Gasteiger partial charge in [-0.15, -0.1) is 21.5 Å². The zero-order chi connectivity index (χ0) is 18.1. The Morgan fingerprint density at radius 2 is 2.00 bits per heavy atom. The highest BCUT2D eigenvalue weighted by Crippen LogP contribution is 2.34. The Kier molecular flexibility index (Phi) is 4.67. The van der Waals surface area contributed by atoms with Crippen molar-refractivity contribution in [3.63, 3.8) is 0 Å². The van der Waals surface area contributed by atoms with Crippen molar-refractivity contribution in [3.05, 3.63) is 27.9 Å². The fourth-order valence-corrected chi connectivity index (χ4v) is 3.77. The van der Waals surface area contributed by atoms with Gasteiger partial charge in [0.15, 0.2) is 0 Å². The summed E-state index contributed by atoms with van der Waals surface area (Å²) in [6.07, 6.45) is 0.717. The van der Waals surface area contributed by atoms with E-state index in [1.165, 1.54) is 18.4 Å². The molecule has 25 heavy (non-hydrogen) atoms. The van der Waals surface area contributed by atoms with Gasteiger partial charge >= 0.3 is 5.97 Å². The summed E-state index contributed by atoms with van der Waals surface area (Å²) >= 11 is 1.33. The topological polar surface area (TPSA) is 94.8 Å². The van der Waals surface area contributed by atoms with Crippen molar-refractivity contribution in [1.29, 1.82) is 0 Å². The molecule has 3 rings (SSSR count). The summed E-state index contributed by atoms with van der Waals surface area (Å²) in [5.74, 6) is 2.82. The molecule has 0 atom stereocenters. The largest absolute Gasteiger partial charge is 0.465 e. The third-order valence-electron chi connectivity index (χ3n) is 4.10. The lowest BCUT2D eigenvalue weighted by Gasteiger charge is -2.08. The molecule has 0 bridgehead atoms. The molecule has 132 valence electrons. The average Bonchev–Trinajstić information content (AvgIpc) is 3.08. The second-order valence-electron chi connectivity index (χ2n) is 5.75. The molecule has 0 fully saturated rings. The Bertz CT molecular complexity index is 946. The Hall–Kier alpha value is -2.55. The molecule has 1 N–H and O–H groups in total. The number of aromatic nitrogens is 5. The van der Waals surface area contributed by atoms with Crippen LogP contribution in [0.2, 0.25) is 0 Å². The molecule has 0 radical (unpaired) electrons. The van der Waals surface area contributed by atoms with Gasteiger partial charge in [0.2, 0.25) is 0 Å².